The zero-order valence-corrected chi connectivity index (χ0v) is 25.3. The average Bonchev–Trinajstić information content (AvgIpc) is 2.94. The van der Waals surface area contributed by atoms with Crippen molar-refractivity contribution >= 4 is 12.2 Å². The van der Waals surface area contributed by atoms with Crippen molar-refractivity contribution in [2.24, 2.45) is 5.41 Å². The maximum Gasteiger partial charge on any atom is 0.231 e. The first kappa shape index (κ1) is 42.1. The van der Waals surface area contributed by atoms with Gasteiger partial charge in [-0.3, -0.25) is 0 Å². The first-order valence-corrected chi connectivity index (χ1v) is 15.6. The first-order chi connectivity index (χ1) is 19.0. The summed E-state index contributed by atoms with van der Waals surface area (Å²) in [5, 5.41) is 40.5. The summed E-state index contributed by atoms with van der Waals surface area (Å²) in [6.07, 6.45) is 27.7. The molecule has 0 heterocycles. The third-order valence-corrected chi connectivity index (χ3v) is 7.26. The van der Waals surface area contributed by atoms with E-state index < -0.39 is 5.41 Å². The van der Waals surface area contributed by atoms with Gasteiger partial charge in [0.15, 0.2) is 0 Å². The van der Waals surface area contributed by atoms with Gasteiger partial charge in [0.1, 0.15) is 0 Å². The Morgan fingerprint density at radius 3 is 1.15 bits per heavy atom. The van der Waals surface area contributed by atoms with E-state index >= 15 is 0 Å². The molecule has 39 heavy (non-hydrogen) atoms. The number of ether oxygens (including phenoxy) is 1. The summed E-state index contributed by atoms with van der Waals surface area (Å²) in [5.41, 5.74) is -0.933. The van der Waals surface area contributed by atoms with Crippen molar-refractivity contribution in [3.63, 3.8) is 0 Å². The van der Waals surface area contributed by atoms with Crippen LogP contribution in [0.5, 0.6) is 0 Å². The van der Waals surface area contributed by atoms with Gasteiger partial charge in [-0.05, 0) is 12.8 Å². The zero-order chi connectivity index (χ0) is 29.9. The van der Waals surface area contributed by atoms with Crippen LogP contribution in [-0.2, 0) is 14.3 Å². The quantitative estimate of drug-likeness (QED) is 0.0403. The van der Waals surface area contributed by atoms with Crippen LogP contribution in [0.15, 0.2) is 0 Å². The second kappa shape index (κ2) is 36.6. The van der Waals surface area contributed by atoms with Gasteiger partial charge in [-0.25, -0.2) is 20.4 Å². The van der Waals surface area contributed by atoms with Crippen molar-refractivity contribution in [3.8, 4) is 0 Å². The number of hydrogen-bond donors (Lipinski definition) is 5. The van der Waals surface area contributed by atoms with Crippen LogP contribution < -0.4 is 0 Å². The van der Waals surface area contributed by atoms with E-state index in [2.05, 4.69) is 13.8 Å². The molecule has 0 saturated carbocycles. The van der Waals surface area contributed by atoms with Gasteiger partial charge in [0.25, 0.3) is 0 Å². The number of isocyanates is 2. The van der Waals surface area contributed by atoms with Crippen LogP contribution in [-0.4, -0.2) is 60.0 Å². The smallest absolute Gasteiger partial charge is 0.231 e. The second-order valence-corrected chi connectivity index (χ2v) is 10.6. The maximum absolute atomic E-state index is 9.89. The maximum atomic E-state index is 9.89. The second-order valence-electron chi connectivity index (χ2n) is 10.6. The largest absolute Gasteiger partial charge is 0.396 e. The molecule has 0 amide bonds. The molecule has 0 aliphatic rings. The zero-order valence-electron chi connectivity index (χ0n) is 25.3. The van der Waals surface area contributed by atoms with E-state index in [9.17, 15) is 15.3 Å². The van der Waals surface area contributed by atoms with Gasteiger partial charge in [0.2, 0.25) is 12.2 Å². The van der Waals surface area contributed by atoms with Gasteiger partial charge < -0.3 is 20.1 Å². The minimum atomic E-state index is -0.933. The summed E-state index contributed by atoms with van der Waals surface area (Å²) in [6.45, 7) is 4.46. The van der Waals surface area contributed by atoms with Gasteiger partial charge >= 0.3 is 0 Å². The lowest BCUT2D eigenvalue weighted by molar-refractivity contribution is -0.117. The number of aliphatic hydroxyl groups is 3. The average molecular weight is 559 g/mol. The molecule has 5 N–H and O–H groups in total. The SMILES string of the molecule is CCCCCCCCCCCCOC(CCCCCCCCCCCC)C(CO)(CO)CO.N=C=O.N=C=O. The summed E-state index contributed by atoms with van der Waals surface area (Å²) in [7, 11) is 0. The number of rotatable bonds is 27. The Balaban J connectivity index is -0.00000196. The lowest BCUT2D eigenvalue weighted by Crippen LogP contribution is -2.46. The molecule has 0 spiro atoms. The van der Waals surface area contributed by atoms with Crippen molar-refractivity contribution < 1.29 is 29.6 Å². The molecule has 232 valence electrons. The van der Waals surface area contributed by atoms with Gasteiger partial charge in [0.05, 0.1) is 31.3 Å². The minimum Gasteiger partial charge on any atom is -0.396 e. The van der Waals surface area contributed by atoms with Crippen molar-refractivity contribution in [1.82, 2.24) is 0 Å². The molecule has 8 heteroatoms. The highest BCUT2D eigenvalue weighted by Gasteiger charge is 2.38. The van der Waals surface area contributed by atoms with Crippen LogP contribution in [0.25, 0.3) is 0 Å². The van der Waals surface area contributed by atoms with Crippen LogP contribution in [0.3, 0.4) is 0 Å². The topological polar surface area (TPSA) is 152 Å². The highest BCUT2D eigenvalue weighted by Crippen LogP contribution is 2.28. The summed E-state index contributed by atoms with van der Waals surface area (Å²) in [4.78, 5) is 16.7. The van der Waals surface area contributed by atoms with E-state index in [0.717, 1.165) is 37.8 Å². The molecule has 0 aliphatic heterocycles. The molecular formula is C31H62N2O6. The molecule has 1 atom stereocenters. The van der Waals surface area contributed by atoms with E-state index in [1.54, 1.807) is 0 Å². The molecule has 0 aromatic heterocycles. The number of unbranched alkanes of at least 4 members (excludes halogenated alkanes) is 18. The van der Waals surface area contributed by atoms with Gasteiger partial charge in [-0.2, -0.15) is 0 Å². The fraction of sp³-hybridized carbons (Fsp3) is 0.935. The Kier molecular flexibility index (Phi) is 39.5. The standard InChI is InChI=1S/C29H60O4.2CHNO/c1-3-5-7-9-11-13-15-17-19-21-23-28(29(25-30,26-31)27-32)33-24-22-20-18-16-14-12-10-8-6-4-2;2*2-1-3/h28,30-32H,3-27H2,1-2H3;2*2H. The molecule has 0 aromatic carbocycles. The van der Waals surface area contributed by atoms with Crippen LogP contribution in [0.4, 0.5) is 0 Å². The summed E-state index contributed by atoms with van der Waals surface area (Å²) in [5.74, 6) is 0. The third kappa shape index (κ3) is 29.4. The van der Waals surface area contributed by atoms with E-state index in [0.29, 0.717) is 6.61 Å². The molecule has 0 radical (unpaired) electrons. The molecule has 8 nitrogen and oxygen atoms in total. The van der Waals surface area contributed by atoms with Gasteiger partial charge in [-0.1, -0.05) is 136 Å². The van der Waals surface area contributed by atoms with Crippen LogP contribution in [0.1, 0.15) is 149 Å². The Morgan fingerprint density at radius 1 is 0.564 bits per heavy atom. The molecule has 0 aromatic rings. The van der Waals surface area contributed by atoms with E-state index in [-0.39, 0.29) is 25.9 Å². The van der Waals surface area contributed by atoms with E-state index in [4.69, 9.17) is 25.1 Å². The molecule has 1 unspecified atom stereocenters. The van der Waals surface area contributed by atoms with Crippen molar-refractivity contribution in [2.45, 2.75) is 155 Å². The summed E-state index contributed by atoms with van der Waals surface area (Å²) >= 11 is 0. The predicted molar refractivity (Wildman–Crippen MR) is 159 cm³/mol. The first-order valence-electron chi connectivity index (χ1n) is 15.6. The molecule has 0 bridgehead atoms. The van der Waals surface area contributed by atoms with E-state index in [1.165, 1.54) is 109 Å². The Hall–Kier alpha value is -1.40. The van der Waals surface area contributed by atoms with Crippen molar-refractivity contribution in [1.29, 1.82) is 10.8 Å². The van der Waals surface area contributed by atoms with Gasteiger partial charge in [-0.15, -0.1) is 0 Å². The fourth-order valence-electron chi connectivity index (χ4n) is 4.65. The molecular weight excluding hydrogens is 496 g/mol. The molecule has 0 saturated heterocycles. The number of hydrogen-bond acceptors (Lipinski definition) is 8. The lowest BCUT2D eigenvalue weighted by atomic mass is 9.81. The Morgan fingerprint density at radius 2 is 0.846 bits per heavy atom. The molecule has 0 aliphatic carbocycles. The highest BCUT2D eigenvalue weighted by molar-refractivity contribution is 5.26. The monoisotopic (exact) mass is 558 g/mol. The van der Waals surface area contributed by atoms with Crippen molar-refractivity contribution in [2.75, 3.05) is 26.4 Å². The third-order valence-electron chi connectivity index (χ3n) is 7.26. The summed E-state index contributed by atoms with van der Waals surface area (Å²) < 4.78 is 6.15. The summed E-state index contributed by atoms with van der Waals surface area (Å²) in [6, 6.07) is 0. The number of nitrogens with one attached hydrogen (secondary N) is 2. The number of carbonyl (C=O) groups excluding carboxylic acids is 2. The van der Waals surface area contributed by atoms with Crippen LogP contribution >= 0.6 is 0 Å². The normalized spacial score (nSPS) is 11.4. The van der Waals surface area contributed by atoms with Crippen LogP contribution in [0, 0.1) is 16.2 Å². The Bertz CT molecular complexity index is 511. The molecule has 0 rings (SSSR count). The highest BCUT2D eigenvalue weighted by atomic mass is 16.5. The lowest BCUT2D eigenvalue weighted by Gasteiger charge is -2.36. The molecule has 0 fully saturated rings. The van der Waals surface area contributed by atoms with Gasteiger partial charge in [0, 0.05) is 6.61 Å². The van der Waals surface area contributed by atoms with Crippen LogP contribution in [0.2, 0.25) is 0 Å². The predicted octanol–water partition coefficient (Wildman–Crippen LogP) is 7.37. The fourth-order valence-corrected chi connectivity index (χ4v) is 4.65. The Labute approximate surface area is 239 Å². The van der Waals surface area contributed by atoms with Crippen molar-refractivity contribution in [3.05, 3.63) is 0 Å². The number of aliphatic hydroxyl groups excluding tert-OH is 3. The minimum absolute atomic E-state index is 0.236. The van der Waals surface area contributed by atoms with E-state index in [1.807, 2.05) is 0 Å².